The Labute approximate surface area is 136 Å². The smallest absolute Gasteiger partial charge is 0.342 e. The van der Waals surface area contributed by atoms with Gasteiger partial charge in [0.25, 0.3) is 0 Å². The predicted molar refractivity (Wildman–Crippen MR) is 87.8 cm³/mol. The number of carbonyl (C=O) groups excluding carboxylic acids is 2. The number of carbonyl (C=O) groups is 2. The van der Waals surface area contributed by atoms with E-state index in [9.17, 15) is 9.59 Å². The zero-order chi connectivity index (χ0) is 16.9. The van der Waals surface area contributed by atoms with Crippen molar-refractivity contribution in [1.29, 1.82) is 0 Å². The van der Waals surface area contributed by atoms with Crippen LogP contribution in [0.1, 0.15) is 47.1 Å². The van der Waals surface area contributed by atoms with Crippen molar-refractivity contribution in [3.63, 3.8) is 0 Å². The Balaban J connectivity index is 2.28. The van der Waals surface area contributed by atoms with E-state index < -0.39 is 11.6 Å². The molecule has 0 aliphatic carbocycles. The standard InChI is InChI=1S/C19H20O4/c1-19(2,3)23-18(21)16-11-7-10-15(12-20)17(16)22-13-14-8-5-4-6-9-14/h4-12H,13H2,1-3H3. The molecule has 2 rings (SSSR count). The molecule has 0 bridgehead atoms. The van der Waals surface area contributed by atoms with E-state index in [0.29, 0.717) is 11.8 Å². The van der Waals surface area contributed by atoms with Gasteiger partial charge in [0.15, 0.2) is 6.29 Å². The SMILES string of the molecule is CC(C)(C)OC(=O)c1cccc(C=O)c1OCc1ccccc1. The summed E-state index contributed by atoms with van der Waals surface area (Å²) in [6.07, 6.45) is 0.675. The van der Waals surface area contributed by atoms with E-state index in [4.69, 9.17) is 9.47 Å². The van der Waals surface area contributed by atoms with E-state index in [0.717, 1.165) is 5.56 Å². The summed E-state index contributed by atoms with van der Waals surface area (Å²) in [4.78, 5) is 23.6. The van der Waals surface area contributed by atoms with Gasteiger partial charge in [-0.1, -0.05) is 36.4 Å². The molecule has 0 fully saturated rings. The molecule has 120 valence electrons. The molecule has 2 aromatic carbocycles. The third-order valence-electron chi connectivity index (χ3n) is 3.02. The highest BCUT2D eigenvalue weighted by Crippen LogP contribution is 2.26. The summed E-state index contributed by atoms with van der Waals surface area (Å²) in [6, 6.07) is 14.4. The first-order valence-corrected chi connectivity index (χ1v) is 7.39. The van der Waals surface area contributed by atoms with Crippen LogP contribution < -0.4 is 4.74 Å². The van der Waals surface area contributed by atoms with E-state index in [1.54, 1.807) is 39.0 Å². The van der Waals surface area contributed by atoms with Crippen LogP contribution in [-0.4, -0.2) is 17.9 Å². The van der Waals surface area contributed by atoms with Crippen LogP contribution in [0.25, 0.3) is 0 Å². The zero-order valence-electron chi connectivity index (χ0n) is 13.5. The maximum Gasteiger partial charge on any atom is 0.342 e. The summed E-state index contributed by atoms with van der Waals surface area (Å²) in [5.41, 5.74) is 0.901. The lowest BCUT2D eigenvalue weighted by atomic mass is 10.1. The number of aldehydes is 1. The van der Waals surface area contributed by atoms with Gasteiger partial charge < -0.3 is 9.47 Å². The molecule has 0 aromatic heterocycles. The first kappa shape index (κ1) is 16.7. The lowest BCUT2D eigenvalue weighted by Crippen LogP contribution is -2.24. The van der Waals surface area contributed by atoms with Gasteiger partial charge >= 0.3 is 5.97 Å². The van der Waals surface area contributed by atoms with Gasteiger partial charge in [0.05, 0.1) is 5.56 Å². The highest BCUT2D eigenvalue weighted by molar-refractivity contribution is 5.96. The van der Waals surface area contributed by atoms with Gasteiger partial charge in [0.1, 0.15) is 23.5 Å². The van der Waals surface area contributed by atoms with Crippen LogP contribution in [0, 0.1) is 0 Å². The maximum absolute atomic E-state index is 12.3. The van der Waals surface area contributed by atoms with E-state index in [2.05, 4.69) is 0 Å². The van der Waals surface area contributed by atoms with Gasteiger partial charge in [-0.2, -0.15) is 0 Å². The van der Waals surface area contributed by atoms with Crippen molar-refractivity contribution in [2.75, 3.05) is 0 Å². The number of hydrogen-bond donors (Lipinski definition) is 0. The van der Waals surface area contributed by atoms with Gasteiger partial charge in [-0.3, -0.25) is 4.79 Å². The molecule has 2 aromatic rings. The lowest BCUT2D eigenvalue weighted by Gasteiger charge is -2.21. The molecule has 0 saturated carbocycles. The number of para-hydroxylation sites is 1. The van der Waals surface area contributed by atoms with E-state index in [-0.39, 0.29) is 17.9 Å². The summed E-state index contributed by atoms with van der Waals surface area (Å²) in [7, 11) is 0. The predicted octanol–water partition coefficient (Wildman–Crippen LogP) is 4.03. The van der Waals surface area contributed by atoms with Crippen LogP contribution in [0.5, 0.6) is 5.75 Å². The molecule has 4 nitrogen and oxygen atoms in total. The van der Waals surface area contributed by atoms with Gasteiger partial charge in [-0.25, -0.2) is 4.79 Å². The zero-order valence-corrected chi connectivity index (χ0v) is 13.5. The molecule has 4 heteroatoms. The van der Waals surface area contributed by atoms with Crippen molar-refractivity contribution in [2.45, 2.75) is 33.0 Å². The number of benzene rings is 2. The highest BCUT2D eigenvalue weighted by Gasteiger charge is 2.22. The van der Waals surface area contributed by atoms with Crippen molar-refractivity contribution in [1.82, 2.24) is 0 Å². The van der Waals surface area contributed by atoms with E-state index in [1.165, 1.54) is 0 Å². The highest BCUT2D eigenvalue weighted by atomic mass is 16.6. The third kappa shape index (κ3) is 4.68. The molecule has 0 radical (unpaired) electrons. The maximum atomic E-state index is 12.3. The molecule has 0 spiro atoms. The Morgan fingerprint density at radius 3 is 2.35 bits per heavy atom. The topological polar surface area (TPSA) is 52.6 Å². The first-order chi connectivity index (χ1) is 10.9. The molecule has 0 saturated heterocycles. The average Bonchev–Trinajstić information content (AvgIpc) is 2.51. The summed E-state index contributed by atoms with van der Waals surface area (Å²) in [6.45, 7) is 5.64. The van der Waals surface area contributed by atoms with Crippen molar-refractivity contribution < 1.29 is 19.1 Å². The minimum absolute atomic E-state index is 0.250. The molecular formula is C19H20O4. The van der Waals surface area contributed by atoms with E-state index in [1.807, 2.05) is 30.3 Å². The second-order valence-corrected chi connectivity index (χ2v) is 6.12. The number of ether oxygens (including phenoxy) is 2. The molecular weight excluding hydrogens is 292 g/mol. The Bertz CT molecular complexity index is 684. The lowest BCUT2D eigenvalue weighted by molar-refractivity contribution is 0.00654. The van der Waals surface area contributed by atoms with Crippen LogP contribution in [0.15, 0.2) is 48.5 Å². The summed E-state index contributed by atoms with van der Waals surface area (Å²) < 4.78 is 11.1. The molecule has 0 atom stereocenters. The number of esters is 1. The Morgan fingerprint density at radius 2 is 1.74 bits per heavy atom. The van der Waals surface area contributed by atoms with Crippen molar-refractivity contribution in [3.8, 4) is 5.75 Å². The van der Waals surface area contributed by atoms with Gasteiger partial charge in [0, 0.05) is 0 Å². The summed E-state index contributed by atoms with van der Waals surface area (Å²) in [5.74, 6) is -0.259. The molecule has 0 aliphatic heterocycles. The molecule has 0 unspecified atom stereocenters. The molecule has 23 heavy (non-hydrogen) atoms. The monoisotopic (exact) mass is 312 g/mol. The normalized spacial score (nSPS) is 10.9. The third-order valence-corrected chi connectivity index (χ3v) is 3.02. The van der Waals surface area contributed by atoms with Crippen molar-refractivity contribution in [3.05, 3.63) is 65.2 Å². The van der Waals surface area contributed by atoms with E-state index >= 15 is 0 Å². The van der Waals surface area contributed by atoms with Crippen molar-refractivity contribution >= 4 is 12.3 Å². The molecule has 0 aliphatic rings. The fourth-order valence-electron chi connectivity index (χ4n) is 2.03. The Kier molecular flexibility index (Phi) is 5.16. The summed E-state index contributed by atoms with van der Waals surface area (Å²) in [5, 5.41) is 0. The fourth-order valence-corrected chi connectivity index (χ4v) is 2.03. The van der Waals surface area contributed by atoms with Gasteiger partial charge in [-0.15, -0.1) is 0 Å². The Hall–Kier alpha value is -2.62. The number of hydrogen-bond acceptors (Lipinski definition) is 4. The van der Waals surface area contributed by atoms with Gasteiger partial charge in [0.2, 0.25) is 0 Å². The fraction of sp³-hybridized carbons (Fsp3) is 0.263. The largest absolute Gasteiger partial charge is 0.487 e. The van der Waals surface area contributed by atoms with Crippen LogP contribution >= 0.6 is 0 Å². The molecule has 0 amide bonds. The minimum atomic E-state index is -0.620. The van der Waals surface area contributed by atoms with Crippen LogP contribution in [0.3, 0.4) is 0 Å². The minimum Gasteiger partial charge on any atom is -0.487 e. The molecule has 0 N–H and O–H groups in total. The Morgan fingerprint density at radius 1 is 1.04 bits per heavy atom. The van der Waals surface area contributed by atoms with Gasteiger partial charge in [-0.05, 0) is 38.5 Å². The van der Waals surface area contributed by atoms with Crippen molar-refractivity contribution in [2.24, 2.45) is 0 Å². The second kappa shape index (κ2) is 7.09. The second-order valence-electron chi connectivity index (χ2n) is 6.12. The number of rotatable bonds is 5. The average molecular weight is 312 g/mol. The van der Waals surface area contributed by atoms with Crippen LogP contribution in [0.2, 0.25) is 0 Å². The molecule has 0 heterocycles. The van der Waals surface area contributed by atoms with Crippen LogP contribution in [-0.2, 0) is 11.3 Å². The van der Waals surface area contributed by atoms with Crippen LogP contribution in [0.4, 0.5) is 0 Å². The first-order valence-electron chi connectivity index (χ1n) is 7.39. The summed E-state index contributed by atoms with van der Waals surface area (Å²) >= 11 is 0. The quantitative estimate of drug-likeness (QED) is 0.618.